The first-order valence-electron chi connectivity index (χ1n) is 0.167. The Morgan fingerprint density at radius 3 is 1.25 bits per heavy atom. The van der Waals surface area contributed by atoms with Crippen LogP contribution in [-0.4, -0.2) is 53.5 Å². The zero-order valence-electron chi connectivity index (χ0n) is 2.23. The van der Waals surface area contributed by atoms with Crippen molar-refractivity contribution in [2.24, 2.45) is 0 Å². The van der Waals surface area contributed by atoms with Gasteiger partial charge in [-0.1, -0.05) is 0 Å². The Bertz CT molecular complexity index is 8.00. The van der Waals surface area contributed by atoms with Gasteiger partial charge >= 0.3 is 76.7 Å². The summed E-state index contributed by atoms with van der Waals surface area (Å²) in [5.41, 5.74) is 0. The van der Waals surface area contributed by atoms with Crippen LogP contribution in [0, 0.1) is 0 Å². The van der Waals surface area contributed by atoms with E-state index >= 15 is 0 Å². The molecule has 0 aromatic carbocycles. The van der Waals surface area contributed by atoms with Gasteiger partial charge in [0.15, 0.2) is 0 Å². The SMILES string of the molecule is [BiH3].[O]=[Mo].[PbH2]. The summed E-state index contributed by atoms with van der Waals surface area (Å²) in [7, 11) is 0. The molecule has 0 fully saturated rings. The summed E-state index contributed by atoms with van der Waals surface area (Å²) in [6.07, 6.45) is 0. The molecule has 0 atom stereocenters. The van der Waals surface area contributed by atoms with Crippen molar-refractivity contribution in [2.75, 3.05) is 0 Å². The average Bonchev–Trinajstić information content (AvgIpc) is 1.00. The van der Waals surface area contributed by atoms with Crippen molar-refractivity contribution in [1.29, 1.82) is 0 Å². The van der Waals surface area contributed by atoms with Gasteiger partial charge < -0.3 is 0 Å². The predicted octanol–water partition coefficient (Wildman–Crippen LogP) is -2.22. The summed E-state index contributed by atoms with van der Waals surface area (Å²) >= 11 is 0.700. The molecule has 0 rings (SSSR count). The summed E-state index contributed by atoms with van der Waals surface area (Å²) in [5.74, 6) is 0. The molecule has 0 unspecified atom stereocenters. The molecule has 26 valence electrons. The fourth-order valence-corrected chi connectivity index (χ4v) is 0. The Labute approximate surface area is 75.4 Å². The van der Waals surface area contributed by atoms with Gasteiger partial charge in [-0.2, -0.15) is 0 Å². The van der Waals surface area contributed by atoms with Crippen molar-refractivity contribution >= 4 is 53.5 Å². The van der Waals surface area contributed by atoms with E-state index in [1.165, 1.54) is 0 Å². The van der Waals surface area contributed by atoms with Gasteiger partial charge in [0.1, 0.15) is 0 Å². The van der Waals surface area contributed by atoms with Gasteiger partial charge in [0.05, 0.1) is 0 Å². The van der Waals surface area contributed by atoms with E-state index in [4.69, 9.17) is 3.40 Å². The van der Waals surface area contributed by atoms with E-state index in [0.29, 0.717) is 19.8 Å². The Balaban J connectivity index is -0.00000000500. The van der Waals surface area contributed by atoms with Crippen LogP contribution in [0.2, 0.25) is 0 Å². The Kier molecular flexibility index (Phi) is 75.4. The summed E-state index contributed by atoms with van der Waals surface area (Å²) in [5, 5.41) is 0. The van der Waals surface area contributed by atoms with E-state index < -0.39 is 0 Å². The third kappa shape index (κ3) is 8.85. The van der Waals surface area contributed by atoms with Crippen LogP contribution in [0.3, 0.4) is 0 Å². The Morgan fingerprint density at radius 2 is 1.25 bits per heavy atom. The molecule has 0 saturated heterocycles. The fraction of sp³-hybridized carbons (Fsp3) is 0. The van der Waals surface area contributed by atoms with Crippen LogP contribution in [0.15, 0.2) is 0 Å². The summed E-state index contributed by atoms with van der Waals surface area (Å²) in [4.78, 5) is 0. The van der Waals surface area contributed by atoms with Crippen LogP contribution in [0.25, 0.3) is 0 Å². The molecule has 0 spiro atoms. The normalized spacial score (nSPS) is 1.00. The second-order valence-corrected chi connectivity index (χ2v) is 0. The van der Waals surface area contributed by atoms with E-state index in [0.717, 1.165) is 0 Å². The van der Waals surface area contributed by atoms with Crippen LogP contribution in [0.5, 0.6) is 0 Å². The molecular formula is H5BiMoOPb. The van der Waals surface area contributed by atoms with Gasteiger partial charge in [-0.05, 0) is 0 Å². The van der Waals surface area contributed by atoms with Crippen molar-refractivity contribution in [1.82, 2.24) is 0 Å². The van der Waals surface area contributed by atoms with Crippen LogP contribution in [0.4, 0.5) is 0 Å². The third-order valence-corrected chi connectivity index (χ3v) is 0. The molecule has 0 heterocycles. The molecule has 0 aliphatic heterocycles. The molecule has 1 nitrogen and oxygen atoms in total. The topological polar surface area (TPSA) is 17.1 Å². The maximum absolute atomic E-state index is 8.26. The Morgan fingerprint density at radius 1 is 1.25 bits per heavy atom. The van der Waals surface area contributed by atoms with Gasteiger partial charge in [0, 0.05) is 0 Å². The monoisotopic (exact) mass is 536 g/mol. The predicted molar refractivity (Wildman–Crippen MR) is 19.2 cm³/mol. The van der Waals surface area contributed by atoms with E-state index in [2.05, 4.69) is 0 Å². The van der Waals surface area contributed by atoms with Gasteiger partial charge in [0.25, 0.3) is 0 Å². The molecule has 0 bridgehead atoms. The van der Waals surface area contributed by atoms with Gasteiger partial charge in [-0.15, -0.1) is 0 Å². The molecule has 4 heavy (non-hydrogen) atoms. The minimum atomic E-state index is 0. The van der Waals surface area contributed by atoms with Gasteiger partial charge in [-0.25, -0.2) is 0 Å². The molecular weight excluding hydrogens is 528 g/mol. The van der Waals surface area contributed by atoms with Crippen LogP contribution < -0.4 is 0 Å². The second kappa shape index (κ2) is 18.6. The van der Waals surface area contributed by atoms with Crippen molar-refractivity contribution in [3.8, 4) is 0 Å². The molecule has 0 aromatic rings. The zero-order valence-corrected chi connectivity index (χ0v) is 15.2. The fourth-order valence-electron chi connectivity index (χ4n) is 0. The second-order valence-electron chi connectivity index (χ2n) is 0. The first-order chi connectivity index (χ1) is 1.00. The third-order valence-electron chi connectivity index (χ3n) is 0. The molecule has 0 aliphatic carbocycles. The van der Waals surface area contributed by atoms with Crippen molar-refractivity contribution < 1.29 is 23.2 Å². The maximum atomic E-state index is 8.26. The number of rotatable bonds is 0. The van der Waals surface area contributed by atoms with Crippen LogP contribution >= 0.6 is 0 Å². The first kappa shape index (κ1) is 16.3. The molecule has 4 heteroatoms. The number of hydrogen-bond acceptors (Lipinski definition) is 1. The molecule has 0 aliphatic rings. The van der Waals surface area contributed by atoms with Crippen LogP contribution in [0.1, 0.15) is 0 Å². The molecule has 0 N–H and O–H groups in total. The molecule has 2 radical (unpaired) electrons. The van der Waals surface area contributed by atoms with Crippen molar-refractivity contribution in [2.45, 2.75) is 0 Å². The zero-order chi connectivity index (χ0) is 2.00. The van der Waals surface area contributed by atoms with Gasteiger partial charge in [0.2, 0.25) is 0 Å². The quantitative estimate of drug-likeness (QED) is 0.323. The van der Waals surface area contributed by atoms with E-state index in [-0.39, 0.29) is 53.5 Å². The Hall–Kier alpha value is 2.29. The van der Waals surface area contributed by atoms with Crippen molar-refractivity contribution in [3.05, 3.63) is 0 Å². The van der Waals surface area contributed by atoms with E-state index in [1.807, 2.05) is 0 Å². The van der Waals surface area contributed by atoms with Crippen molar-refractivity contribution in [3.63, 3.8) is 0 Å². The summed E-state index contributed by atoms with van der Waals surface area (Å²) in [6, 6.07) is 0. The molecule has 0 aromatic heterocycles. The van der Waals surface area contributed by atoms with Gasteiger partial charge in [-0.3, -0.25) is 0 Å². The van der Waals surface area contributed by atoms with E-state index in [9.17, 15) is 0 Å². The van der Waals surface area contributed by atoms with Crippen LogP contribution in [-0.2, 0) is 23.2 Å². The minimum absolute atomic E-state index is 0. The van der Waals surface area contributed by atoms with E-state index in [1.54, 1.807) is 0 Å². The first-order valence-corrected chi connectivity index (χ1v) is 0.986. The summed E-state index contributed by atoms with van der Waals surface area (Å²) in [6.45, 7) is 0. The standard InChI is InChI=1S/Bi.Mo.O.Pb.5H. The number of hydrogen-bond donors (Lipinski definition) is 0. The summed E-state index contributed by atoms with van der Waals surface area (Å²) < 4.78 is 8.26. The average molecular weight is 533 g/mol. The molecule has 0 saturated carbocycles. The molecule has 0 amide bonds.